The number of methoxy groups -OCH3 is 2. The molecule has 6 rings (SSSR count). The minimum atomic E-state index is -2.27. The Morgan fingerprint density at radius 1 is 0.830 bits per heavy atom. The number of carbonyl (C=O) groups excluding carboxylic acids is 1. The second-order valence-electron chi connectivity index (χ2n) is 13.4. The summed E-state index contributed by atoms with van der Waals surface area (Å²) in [5.41, 5.74) is 0.199. The topological polar surface area (TPSA) is 94.2 Å². The van der Waals surface area contributed by atoms with E-state index < -0.39 is 56.5 Å². The van der Waals surface area contributed by atoms with Gasteiger partial charge in [-0.2, -0.15) is 0 Å². The van der Waals surface area contributed by atoms with Crippen LogP contribution in [0.1, 0.15) is 34.6 Å². The fourth-order valence-electron chi connectivity index (χ4n) is 6.45. The SMILES string of the molecule is CO[C@]1(C)O[C@@H]([C@@H]2CN(c3ccc4c(c3)OCCO4)C(=O)O2)[C@@H](C(O[SiH](c2ccccc2)c2ccccc2)C(C)(C)C)O[C@@]1(C)OC. The highest BCUT2D eigenvalue weighted by Gasteiger charge is 2.62. The zero-order valence-electron chi connectivity index (χ0n) is 28.1. The van der Waals surface area contributed by atoms with Crippen LogP contribution in [0.15, 0.2) is 78.9 Å². The number of anilines is 1. The maximum absolute atomic E-state index is 13.5. The van der Waals surface area contributed by atoms with Gasteiger partial charge in [-0.1, -0.05) is 81.4 Å². The Kier molecular flexibility index (Phi) is 9.40. The van der Waals surface area contributed by atoms with E-state index in [1.54, 1.807) is 45.1 Å². The van der Waals surface area contributed by atoms with Gasteiger partial charge in [-0.25, -0.2) is 4.79 Å². The number of hydrogen-bond donors (Lipinski definition) is 0. The van der Waals surface area contributed by atoms with Crippen LogP contribution in [0.5, 0.6) is 11.5 Å². The molecule has 1 unspecified atom stereocenters. The van der Waals surface area contributed by atoms with Crippen LogP contribution in [0.25, 0.3) is 0 Å². The smallest absolute Gasteiger partial charge is 0.414 e. The van der Waals surface area contributed by atoms with E-state index in [9.17, 15) is 4.79 Å². The summed E-state index contributed by atoms with van der Waals surface area (Å²) >= 11 is 0. The van der Waals surface area contributed by atoms with Gasteiger partial charge >= 0.3 is 6.09 Å². The minimum absolute atomic E-state index is 0.210. The molecule has 11 heteroatoms. The Morgan fingerprint density at radius 3 is 1.98 bits per heavy atom. The molecule has 0 radical (unpaired) electrons. The summed E-state index contributed by atoms with van der Waals surface area (Å²) in [6.45, 7) is 11.1. The number of rotatable bonds is 9. The second-order valence-corrected chi connectivity index (χ2v) is 15.8. The molecular weight excluding hydrogens is 618 g/mol. The van der Waals surface area contributed by atoms with Crippen LogP contribution in [-0.2, 0) is 28.1 Å². The first-order chi connectivity index (χ1) is 22.5. The number of fused-ring (bicyclic) bond motifs is 1. The van der Waals surface area contributed by atoms with Crippen molar-refractivity contribution < 1.29 is 42.4 Å². The first kappa shape index (κ1) is 33.4. The van der Waals surface area contributed by atoms with Gasteiger partial charge in [-0.05, 0) is 41.8 Å². The molecule has 3 aliphatic heterocycles. The van der Waals surface area contributed by atoms with Crippen molar-refractivity contribution in [3.05, 3.63) is 78.9 Å². The van der Waals surface area contributed by atoms with Gasteiger partial charge in [0.2, 0.25) is 20.6 Å². The van der Waals surface area contributed by atoms with Crippen molar-refractivity contribution in [1.29, 1.82) is 0 Å². The Hall–Kier alpha value is -3.45. The fourth-order valence-corrected chi connectivity index (χ4v) is 9.15. The average Bonchev–Trinajstić information content (AvgIpc) is 3.47. The highest BCUT2D eigenvalue weighted by atomic mass is 28.3. The summed E-state index contributed by atoms with van der Waals surface area (Å²) in [5.74, 6) is -1.42. The Labute approximate surface area is 278 Å². The van der Waals surface area contributed by atoms with E-state index in [-0.39, 0.29) is 6.54 Å². The van der Waals surface area contributed by atoms with Gasteiger partial charge < -0.3 is 37.6 Å². The maximum atomic E-state index is 13.5. The molecule has 0 aliphatic carbocycles. The Balaban J connectivity index is 1.38. The molecule has 2 fully saturated rings. The highest BCUT2D eigenvalue weighted by molar-refractivity contribution is 6.80. The molecule has 252 valence electrons. The van der Waals surface area contributed by atoms with Gasteiger partial charge in [0.25, 0.3) is 0 Å². The molecule has 0 spiro atoms. The van der Waals surface area contributed by atoms with E-state index >= 15 is 0 Å². The van der Waals surface area contributed by atoms with Crippen LogP contribution in [0.3, 0.4) is 0 Å². The minimum Gasteiger partial charge on any atom is -0.486 e. The molecule has 1 amide bonds. The predicted octanol–water partition coefficient (Wildman–Crippen LogP) is 4.26. The van der Waals surface area contributed by atoms with Crippen LogP contribution in [0.2, 0.25) is 0 Å². The molecule has 0 bridgehead atoms. The Bertz CT molecular complexity index is 1500. The van der Waals surface area contributed by atoms with E-state index in [1.807, 2.05) is 42.5 Å². The molecule has 0 N–H and O–H groups in total. The largest absolute Gasteiger partial charge is 0.486 e. The molecule has 0 saturated carbocycles. The summed E-state index contributed by atoms with van der Waals surface area (Å²) in [7, 11) is 0.843. The van der Waals surface area contributed by atoms with Crippen molar-refractivity contribution in [2.24, 2.45) is 5.41 Å². The van der Waals surface area contributed by atoms with Crippen LogP contribution < -0.4 is 24.7 Å². The lowest BCUT2D eigenvalue weighted by Crippen LogP contribution is -2.71. The lowest BCUT2D eigenvalue weighted by Gasteiger charge is -2.55. The summed E-state index contributed by atoms with van der Waals surface area (Å²) in [4.78, 5) is 15.1. The normalized spacial score (nSPS) is 28.3. The molecule has 0 aromatic heterocycles. The number of benzene rings is 3. The summed E-state index contributed by atoms with van der Waals surface area (Å²) < 4.78 is 50.5. The molecule has 47 heavy (non-hydrogen) atoms. The van der Waals surface area contributed by atoms with E-state index in [0.717, 1.165) is 10.4 Å². The molecular formula is C36H45NO9Si. The first-order valence-electron chi connectivity index (χ1n) is 16.1. The lowest BCUT2D eigenvalue weighted by molar-refractivity contribution is -0.460. The third-order valence-corrected chi connectivity index (χ3v) is 11.9. The van der Waals surface area contributed by atoms with Crippen LogP contribution >= 0.6 is 0 Å². The third-order valence-electron chi connectivity index (χ3n) is 9.33. The lowest BCUT2D eigenvalue weighted by atomic mass is 9.82. The zero-order valence-corrected chi connectivity index (χ0v) is 29.3. The number of hydrogen-bond acceptors (Lipinski definition) is 9. The summed E-state index contributed by atoms with van der Waals surface area (Å²) in [6.07, 6.45) is -3.23. The summed E-state index contributed by atoms with van der Waals surface area (Å²) in [6, 6.07) is 26.0. The van der Waals surface area contributed by atoms with Gasteiger partial charge in [-0.15, -0.1) is 0 Å². The Morgan fingerprint density at radius 2 is 1.40 bits per heavy atom. The molecule has 3 aliphatic rings. The molecule has 3 aromatic rings. The highest BCUT2D eigenvalue weighted by Crippen LogP contribution is 2.45. The third kappa shape index (κ3) is 6.52. The average molecular weight is 664 g/mol. The van der Waals surface area contributed by atoms with Crippen LogP contribution in [-0.4, -0.2) is 85.1 Å². The quantitative estimate of drug-likeness (QED) is 0.312. The van der Waals surface area contributed by atoms with E-state index in [1.165, 1.54) is 0 Å². The first-order valence-corrected chi connectivity index (χ1v) is 17.7. The van der Waals surface area contributed by atoms with Gasteiger partial charge in [0.05, 0.1) is 18.3 Å². The van der Waals surface area contributed by atoms with E-state index in [4.69, 9.17) is 37.6 Å². The molecule has 10 nitrogen and oxygen atoms in total. The van der Waals surface area contributed by atoms with Crippen molar-refractivity contribution in [2.45, 2.75) is 70.6 Å². The van der Waals surface area contributed by atoms with Gasteiger partial charge in [-0.3, -0.25) is 4.90 Å². The molecule has 2 saturated heterocycles. The number of amides is 1. The van der Waals surface area contributed by atoms with Gasteiger partial charge in [0.1, 0.15) is 25.4 Å². The van der Waals surface area contributed by atoms with E-state index in [2.05, 4.69) is 45.0 Å². The predicted molar refractivity (Wildman–Crippen MR) is 179 cm³/mol. The number of ether oxygens (including phenoxy) is 7. The number of carbonyl (C=O) groups is 1. The van der Waals surface area contributed by atoms with Crippen LogP contribution in [0, 0.1) is 5.41 Å². The number of cyclic esters (lactones) is 1. The van der Waals surface area contributed by atoms with Crippen molar-refractivity contribution in [1.82, 2.24) is 0 Å². The van der Waals surface area contributed by atoms with Gasteiger partial charge in [0.15, 0.2) is 17.6 Å². The van der Waals surface area contributed by atoms with Crippen molar-refractivity contribution >= 4 is 31.2 Å². The van der Waals surface area contributed by atoms with Crippen molar-refractivity contribution in [3.8, 4) is 11.5 Å². The summed E-state index contributed by atoms with van der Waals surface area (Å²) in [5, 5.41) is 2.27. The maximum Gasteiger partial charge on any atom is 0.414 e. The zero-order chi connectivity index (χ0) is 33.4. The number of nitrogens with zero attached hydrogens (tertiary/aromatic N) is 1. The second kappa shape index (κ2) is 13.2. The van der Waals surface area contributed by atoms with Crippen molar-refractivity contribution in [2.75, 3.05) is 38.9 Å². The standard InChI is InChI=1S/C36H45NO9Si/c1-34(2,3)32(46-47(25-14-10-8-11-15-25)26-16-12-9-13-17-26)31-30(44-35(4,39-6)36(5,40-7)45-31)29-23-37(33(38)43-29)24-18-19-27-28(22-24)42-21-20-41-27/h8-19,22,29-32,47H,20-21,23H2,1-7H3/t29-,30-,31-,32?,35+,36+/m0/s1. The van der Waals surface area contributed by atoms with Crippen LogP contribution in [0.4, 0.5) is 10.5 Å². The van der Waals surface area contributed by atoms with Gasteiger partial charge in [0, 0.05) is 20.3 Å². The van der Waals surface area contributed by atoms with Crippen molar-refractivity contribution in [3.63, 3.8) is 0 Å². The fraction of sp³-hybridized carbons (Fsp3) is 0.472. The molecule has 3 heterocycles. The van der Waals surface area contributed by atoms with E-state index in [0.29, 0.717) is 30.4 Å². The molecule has 3 aromatic carbocycles. The molecule has 6 atom stereocenters. The monoisotopic (exact) mass is 663 g/mol.